The van der Waals surface area contributed by atoms with Crippen LogP contribution in [0.15, 0.2) is 83.9 Å². The first kappa shape index (κ1) is 14.6. The lowest BCUT2D eigenvalue weighted by Crippen LogP contribution is -2.06. The molecule has 0 amide bonds. The highest BCUT2D eigenvalue weighted by Gasteiger charge is 2.14. The quantitative estimate of drug-likeness (QED) is 0.530. The van der Waals surface area contributed by atoms with Gasteiger partial charge in [0.2, 0.25) is 0 Å². The maximum atomic E-state index is 12.2. The Kier molecular flexibility index (Phi) is 3.18. The summed E-state index contributed by atoms with van der Waals surface area (Å²) in [6.07, 6.45) is 1.42. The summed E-state index contributed by atoms with van der Waals surface area (Å²) in [5.74, 6) is 0.794. The molecule has 0 bridgehead atoms. The van der Waals surface area contributed by atoms with Gasteiger partial charge in [-0.05, 0) is 42.5 Å². The van der Waals surface area contributed by atoms with Crippen molar-refractivity contribution in [1.29, 1.82) is 0 Å². The van der Waals surface area contributed by atoms with E-state index in [1.54, 1.807) is 0 Å². The van der Waals surface area contributed by atoms with Crippen LogP contribution in [0.2, 0.25) is 0 Å². The lowest BCUT2D eigenvalue weighted by molar-refractivity contribution is 1.10. The lowest BCUT2D eigenvalue weighted by atomic mass is 10.1. The van der Waals surface area contributed by atoms with Crippen LogP contribution in [0.5, 0.6) is 0 Å². The van der Waals surface area contributed by atoms with Gasteiger partial charge in [-0.1, -0.05) is 30.3 Å². The molecule has 0 aliphatic heterocycles. The fraction of sp³-hybridized carbons (Fsp3) is 0. The summed E-state index contributed by atoms with van der Waals surface area (Å²) in [4.78, 5) is 23.8. The smallest absolute Gasteiger partial charge is 0.258 e. The first-order valence-electron chi connectivity index (χ1n) is 8.32. The molecule has 0 saturated carbocycles. The molecule has 0 radical (unpaired) electrons. The molecule has 5 rings (SSSR count). The van der Waals surface area contributed by atoms with Crippen LogP contribution in [0, 0.1) is 0 Å². The topological polar surface area (TPSA) is 63.6 Å². The molecule has 124 valence electrons. The second-order valence-electron chi connectivity index (χ2n) is 6.06. The zero-order valence-corrected chi connectivity index (χ0v) is 13.8. The zero-order valence-electron chi connectivity index (χ0n) is 13.8. The number of para-hydroxylation sites is 3. The van der Waals surface area contributed by atoms with E-state index >= 15 is 0 Å². The Morgan fingerprint density at radius 2 is 1.65 bits per heavy atom. The molecule has 5 heteroatoms. The Labute approximate surface area is 148 Å². The van der Waals surface area contributed by atoms with Crippen LogP contribution in [-0.4, -0.2) is 19.5 Å². The molecule has 0 saturated heterocycles. The van der Waals surface area contributed by atoms with Gasteiger partial charge in [-0.3, -0.25) is 9.36 Å². The number of nitrogens with one attached hydrogen (secondary N) is 1. The Hall–Kier alpha value is -3.73. The van der Waals surface area contributed by atoms with E-state index in [2.05, 4.69) is 14.5 Å². The average Bonchev–Trinajstić information content (AvgIpc) is 3.08. The summed E-state index contributed by atoms with van der Waals surface area (Å²) < 4.78 is 2.11. The number of aromatic nitrogens is 4. The highest BCUT2D eigenvalue weighted by Crippen LogP contribution is 2.29. The number of benzene rings is 3. The molecule has 0 atom stereocenters. The van der Waals surface area contributed by atoms with Gasteiger partial charge in [0.25, 0.3) is 5.56 Å². The molecule has 0 spiro atoms. The van der Waals surface area contributed by atoms with Gasteiger partial charge < -0.3 is 4.98 Å². The van der Waals surface area contributed by atoms with Crippen LogP contribution < -0.4 is 5.56 Å². The van der Waals surface area contributed by atoms with Gasteiger partial charge in [-0.25, -0.2) is 9.97 Å². The van der Waals surface area contributed by atoms with Crippen molar-refractivity contribution in [2.75, 3.05) is 0 Å². The summed E-state index contributed by atoms with van der Waals surface area (Å²) in [6, 6.07) is 23.8. The van der Waals surface area contributed by atoms with E-state index in [0.717, 1.165) is 28.1 Å². The minimum atomic E-state index is -0.153. The van der Waals surface area contributed by atoms with E-state index in [1.165, 1.54) is 6.33 Å². The Bertz CT molecular complexity index is 1300. The molecule has 0 unspecified atom stereocenters. The average molecular weight is 338 g/mol. The SMILES string of the molecule is O=c1[nH]cnc2ccc(-c3nc4ccccc4n3-c3ccccc3)cc12. The van der Waals surface area contributed by atoms with Gasteiger partial charge in [0.15, 0.2) is 0 Å². The standard InChI is InChI=1S/C21H14N4O/c26-21-16-12-14(10-11-17(16)22-13-23-21)20-24-18-8-4-5-9-19(18)25(20)15-6-2-1-3-7-15/h1-13H,(H,22,23,26). The third-order valence-corrected chi connectivity index (χ3v) is 4.47. The molecular weight excluding hydrogens is 324 g/mol. The van der Waals surface area contributed by atoms with Gasteiger partial charge >= 0.3 is 0 Å². The van der Waals surface area contributed by atoms with E-state index in [4.69, 9.17) is 4.98 Å². The summed E-state index contributed by atoms with van der Waals surface area (Å²) in [7, 11) is 0. The second-order valence-corrected chi connectivity index (χ2v) is 6.06. The van der Waals surface area contributed by atoms with Crippen molar-refractivity contribution in [3.63, 3.8) is 0 Å². The normalized spacial score (nSPS) is 11.2. The van der Waals surface area contributed by atoms with E-state index in [1.807, 2.05) is 72.8 Å². The first-order valence-corrected chi connectivity index (χ1v) is 8.32. The summed E-state index contributed by atoms with van der Waals surface area (Å²) >= 11 is 0. The predicted octanol–water partition coefficient (Wildman–Crippen LogP) is 3.93. The minimum Gasteiger partial charge on any atom is -0.313 e. The van der Waals surface area contributed by atoms with Crippen LogP contribution in [0.1, 0.15) is 0 Å². The van der Waals surface area contributed by atoms with Crippen molar-refractivity contribution in [3.8, 4) is 17.1 Å². The molecular formula is C21H14N4O. The number of fused-ring (bicyclic) bond motifs is 2. The van der Waals surface area contributed by atoms with E-state index in [-0.39, 0.29) is 5.56 Å². The largest absolute Gasteiger partial charge is 0.313 e. The fourth-order valence-corrected chi connectivity index (χ4v) is 3.27. The van der Waals surface area contributed by atoms with Crippen LogP contribution in [-0.2, 0) is 0 Å². The molecule has 2 aromatic heterocycles. The molecule has 5 nitrogen and oxygen atoms in total. The zero-order chi connectivity index (χ0) is 17.5. The maximum absolute atomic E-state index is 12.2. The van der Waals surface area contributed by atoms with Gasteiger partial charge in [-0.2, -0.15) is 0 Å². The molecule has 2 heterocycles. The van der Waals surface area contributed by atoms with Crippen LogP contribution >= 0.6 is 0 Å². The number of aromatic amines is 1. The highest BCUT2D eigenvalue weighted by molar-refractivity contribution is 5.87. The van der Waals surface area contributed by atoms with Crippen LogP contribution in [0.3, 0.4) is 0 Å². The molecule has 5 aromatic rings. The molecule has 0 aliphatic rings. The van der Waals surface area contributed by atoms with Crippen molar-refractivity contribution in [3.05, 3.63) is 89.5 Å². The van der Waals surface area contributed by atoms with Crippen molar-refractivity contribution < 1.29 is 0 Å². The van der Waals surface area contributed by atoms with Crippen molar-refractivity contribution >= 4 is 21.9 Å². The molecule has 26 heavy (non-hydrogen) atoms. The monoisotopic (exact) mass is 338 g/mol. The fourth-order valence-electron chi connectivity index (χ4n) is 3.27. The molecule has 0 fully saturated rings. The third kappa shape index (κ3) is 2.22. The Morgan fingerprint density at radius 1 is 0.846 bits per heavy atom. The third-order valence-electron chi connectivity index (χ3n) is 4.47. The van der Waals surface area contributed by atoms with Gasteiger partial charge in [0.1, 0.15) is 5.82 Å². The summed E-state index contributed by atoms with van der Waals surface area (Å²) in [6.45, 7) is 0. The maximum Gasteiger partial charge on any atom is 0.258 e. The molecule has 1 N–H and O–H groups in total. The number of nitrogens with zero attached hydrogens (tertiary/aromatic N) is 3. The van der Waals surface area contributed by atoms with Crippen molar-refractivity contribution in [1.82, 2.24) is 19.5 Å². The summed E-state index contributed by atoms with van der Waals surface area (Å²) in [5, 5.41) is 0.552. The lowest BCUT2D eigenvalue weighted by Gasteiger charge is -2.10. The van der Waals surface area contributed by atoms with Gasteiger partial charge in [-0.15, -0.1) is 0 Å². The number of imidazole rings is 1. The Balaban J connectivity index is 1.85. The predicted molar refractivity (Wildman–Crippen MR) is 102 cm³/mol. The van der Waals surface area contributed by atoms with Crippen LogP contribution in [0.4, 0.5) is 0 Å². The Morgan fingerprint density at radius 3 is 2.54 bits per heavy atom. The summed E-state index contributed by atoms with van der Waals surface area (Å²) in [5.41, 5.74) is 4.34. The number of rotatable bonds is 2. The second kappa shape index (κ2) is 5.67. The van der Waals surface area contributed by atoms with Gasteiger partial charge in [0.05, 0.1) is 28.3 Å². The van der Waals surface area contributed by atoms with E-state index in [0.29, 0.717) is 10.9 Å². The molecule has 0 aliphatic carbocycles. The molecule has 3 aromatic carbocycles. The number of hydrogen-bond donors (Lipinski definition) is 1. The van der Waals surface area contributed by atoms with Crippen molar-refractivity contribution in [2.24, 2.45) is 0 Å². The number of hydrogen-bond acceptors (Lipinski definition) is 3. The van der Waals surface area contributed by atoms with Crippen LogP contribution in [0.25, 0.3) is 39.0 Å². The highest BCUT2D eigenvalue weighted by atomic mass is 16.1. The minimum absolute atomic E-state index is 0.153. The number of H-pyrrole nitrogens is 1. The van der Waals surface area contributed by atoms with Crippen molar-refractivity contribution in [2.45, 2.75) is 0 Å². The van der Waals surface area contributed by atoms with E-state index in [9.17, 15) is 4.79 Å². The van der Waals surface area contributed by atoms with E-state index < -0.39 is 0 Å². The first-order chi connectivity index (χ1) is 12.8. The van der Waals surface area contributed by atoms with Gasteiger partial charge in [0, 0.05) is 11.3 Å².